The molecule has 1 fully saturated rings. The van der Waals surface area contributed by atoms with Crippen molar-refractivity contribution in [2.24, 2.45) is 0 Å². The first-order valence-corrected chi connectivity index (χ1v) is 11.0. The first-order valence-electron chi connectivity index (χ1n) is 11.0. The third-order valence-electron chi connectivity index (χ3n) is 5.10. The van der Waals surface area contributed by atoms with Gasteiger partial charge in [-0.2, -0.15) is 0 Å². The molecule has 0 radical (unpaired) electrons. The van der Waals surface area contributed by atoms with E-state index in [4.69, 9.17) is 4.74 Å². The summed E-state index contributed by atoms with van der Waals surface area (Å²) in [5.41, 5.74) is 0.564. The third-order valence-corrected chi connectivity index (χ3v) is 5.10. The van der Waals surface area contributed by atoms with E-state index >= 15 is 0 Å². The van der Waals surface area contributed by atoms with E-state index in [1.807, 2.05) is 17.0 Å². The predicted molar refractivity (Wildman–Crippen MR) is 115 cm³/mol. The number of anilines is 1. The molecule has 7 nitrogen and oxygen atoms in total. The van der Waals surface area contributed by atoms with Gasteiger partial charge in [0.25, 0.3) is 5.91 Å². The number of nitrogens with zero attached hydrogens (tertiary/aromatic N) is 3. The Morgan fingerprint density at radius 1 is 1.03 bits per heavy atom. The van der Waals surface area contributed by atoms with E-state index < -0.39 is 0 Å². The van der Waals surface area contributed by atoms with Crippen molar-refractivity contribution in [3.05, 3.63) is 23.9 Å². The number of rotatable bonds is 12. The highest BCUT2D eigenvalue weighted by atomic mass is 16.5. The molecule has 2 rings (SSSR count). The lowest BCUT2D eigenvalue weighted by Crippen LogP contribution is -2.49. The van der Waals surface area contributed by atoms with Crippen LogP contribution < -0.4 is 10.2 Å². The average Bonchev–Trinajstić information content (AvgIpc) is 2.77. The highest BCUT2D eigenvalue weighted by Gasteiger charge is 2.21. The molecule has 1 aliphatic heterocycles. The normalized spacial score (nSPS) is 14.1. The van der Waals surface area contributed by atoms with Crippen molar-refractivity contribution in [1.29, 1.82) is 0 Å². The third kappa shape index (κ3) is 8.01. The summed E-state index contributed by atoms with van der Waals surface area (Å²) in [6.07, 6.45) is 7.28. The number of carbonyl (C=O) groups is 2. The van der Waals surface area contributed by atoms with Gasteiger partial charge >= 0.3 is 0 Å². The number of nitrogens with one attached hydrogen (secondary N) is 1. The summed E-state index contributed by atoms with van der Waals surface area (Å²) in [5.74, 6) is 0.998. The molecule has 0 unspecified atom stereocenters. The van der Waals surface area contributed by atoms with Crippen LogP contribution in [-0.4, -0.2) is 67.6 Å². The maximum Gasteiger partial charge on any atom is 0.252 e. The fraction of sp³-hybridized carbons (Fsp3) is 0.682. The monoisotopic (exact) mass is 404 g/mol. The van der Waals surface area contributed by atoms with Crippen LogP contribution in [-0.2, 0) is 9.53 Å². The zero-order valence-corrected chi connectivity index (χ0v) is 18.0. The molecule has 162 valence electrons. The number of piperazine rings is 1. The molecule has 1 aromatic heterocycles. The van der Waals surface area contributed by atoms with Crippen molar-refractivity contribution < 1.29 is 14.3 Å². The zero-order valence-electron chi connectivity index (χ0n) is 18.0. The molecule has 1 N–H and O–H groups in total. The first-order chi connectivity index (χ1) is 14.2. The molecule has 1 aromatic rings. The van der Waals surface area contributed by atoms with Crippen LogP contribution in [0.5, 0.6) is 0 Å². The lowest BCUT2D eigenvalue weighted by atomic mass is 10.2. The van der Waals surface area contributed by atoms with Crippen LogP contribution in [0.3, 0.4) is 0 Å². The van der Waals surface area contributed by atoms with Crippen LogP contribution in [0, 0.1) is 0 Å². The summed E-state index contributed by atoms with van der Waals surface area (Å²) in [4.78, 5) is 32.9. The topological polar surface area (TPSA) is 74.8 Å². The Hall–Kier alpha value is -2.15. The number of aromatic nitrogens is 1. The second-order valence-corrected chi connectivity index (χ2v) is 7.45. The molecule has 0 aromatic carbocycles. The van der Waals surface area contributed by atoms with Crippen LogP contribution >= 0.6 is 0 Å². The van der Waals surface area contributed by atoms with Gasteiger partial charge in [-0.3, -0.25) is 9.59 Å². The second-order valence-electron chi connectivity index (χ2n) is 7.45. The second kappa shape index (κ2) is 13.1. The van der Waals surface area contributed by atoms with Gasteiger partial charge in [-0.15, -0.1) is 0 Å². The minimum atomic E-state index is -0.107. The summed E-state index contributed by atoms with van der Waals surface area (Å²) in [7, 11) is 0. The number of ether oxygens (including phenoxy) is 1. The van der Waals surface area contributed by atoms with Gasteiger partial charge in [0.1, 0.15) is 5.82 Å². The predicted octanol–water partition coefficient (Wildman–Crippen LogP) is 2.86. The van der Waals surface area contributed by atoms with Crippen LogP contribution in [0.2, 0.25) is 0 Å². The minimum Gasteiger partial charge on any atom is -0.381 e. The Balaban J connectivity index is 1.70. The van der Waals surface area contributed by atoms with Gasteiger partial charge in [0.15, 0.2) is 0 Å². The average molecular weight is 405 g/mol. The molecule has 0 bridgehead atoms. The Morgan fingerprint density at radius 3 is 2.41 bits per heavy atom. The van der Waals surface area contributed by atoms with Crippen molar-refractivity contribution in [3.63, 3.8) is 0 Å². The van der Waals surface area contributed by atoms with E-state index in [1.165, 1.54) is 0 Å². The fourth-order valence-corrected chi connectivity index (χ4v) is 3.21. The van der Waals surface area contributed by atoms with Gasteiger partial charge in [-0.05, 0) is 31.4 Å². The molecule has 0 saturated carbocycles. The van der Waals surface area contributed by atoms with Crippen LogP contribution in [0.15, 0.2) is 18.3 Å². The summed E-state index contributed by atoms with van der Waals surface area (Å²) >= 11 is 0. The molecular formula is C22H36N4O3. The molecular weight excluding hydrogens is 368 g/mol. The fourth-order valence-electron chi connectivity index (χ4n) is 3.21. The van der Waals surface area contributed by atoms with Gasteiger partial charge in [-0.25, -0.2) is 4.98 Å². The van der Waals surface area contributed by atoms with Crippen molar-refractivity contribution in [1.82, 2.24) is 15.2 Å². The maximum absolute atomic E-state index is 12.2. The maximum atomic E-state index is 12.2. The Bertz CT molecular complexity index is 613. The summed E-state index contributed by atoms with van der Waals surface area (Å²) < 4.78 is 5.49. The Labute approximate surface area is 174 Å². The minimum absolute atomic E-state index is 0.107. The van der Waals surface area contributed by atoms with Crippen molar-refractivity contribution in [2.45, 2.75) is 52.4 Å². The van der Waals surface area contributed by atoms with Crippen LogP contribution in [0.1, 0.15) is 62.7 Å². The van der Waals surface area contributed by atoms with E-state index in [-0.39, 0.29) is 11.8 Å². The van der Waals surface area contributed by atoms with E-state index in [2.05, 4.69) is 29.0 Å². The number of pyridine rings is 1. The number of carbonyl (C=O) groups excluding carboxylic acids is 2. The molecule has 7 heteroatoms. The van der Waals surface area contributed by atoms with Crippen LogP contribution in [0.25, 0.3) is 0 Å². The molecule has 1 saturated heterocycles. The number of unbranched alkanes of at least 4 members (excludes halogenated alkanes) is 2. The highest BCUT2D eigenvalue weighted by molar-refractivity contribution is 5.94. The molecule has 29 heavy (non-hydrogen) atoms. The summed E-state index contributed by atoms with van der Waals surface area (Å²) in [6.45, 7) is 9.30. The molecule has 1 aliphatic rings. The van der Waals surface area contributed by atoms with E-state index in [0.717, 1.165) is 70.7 Å². The first kappa shape index (κ1) is 23.1. The smallest absolute Gasteiger partial charge is 0.252 e. The lowest BCUT2D eigenvalue weighted by molar-refractivity contribution is -0.131. The van der Waals surface area contributed by atoms with E-state index in [1.54, 1.807) is 6.20 Å². The largest absolute Gasteiger partial charge is 0.381 e. The van der Waals surface area contributed by atoms with Crippen molar-refractivity contribution in [3.8, 4) is 0 Å². The molecule has 0 atom stereocenters. The SMILES string of the molecule is CCCCOCCCNC(=O)c1ccc(N2CCN(C(=O)CCCC)CC2)nc1. The zero-order chi connectivity index (χ0) is 20.9. The molecule has 2 amide bonds. The Morgan fingerprint density at radius 2 is 1.76 bits per heavy atom. The van der Waals surface area contributed by atoms with Gasteiger partial charge in [0, 0.05) is 58.6 Å². The standard InChI is InChI=1S/C22H36N4O3/c1-3-5-8-21(27)26-14-12-25(13-15-26)20-10-9-19(18-24-20)22(28)23-11-7-17-29-16-6-4-2/h9-10,18H,3-8,11-17H2,1-2H3,(H,23,28). The van der Waals surface area contributed by atoms with E-state index in [0.29, 0.717) is 25.1 Å². The van der Waals surface area contributed by atoms with Crippen LogP contribution in [0.4, 0.5) is 5.82 Å². The van der Waals surface area contributed by atoms with Gasteiger partial charge in [0.2, 0.25) is 5.91 Å². The van der Waals surface area contributed by atoms with Gasteiger partial charge < -0.3 is 19.9 Å². The lowest BCUT2D eigenvalue weighted by Gasteiger charge is -2.35. The molecule has 2 heterocycles. The van der Waals surface area contributed by atoms with Gasteiger partial charge in [0.05, 0.1) is 5.56 Å². The van der Waals surface area contributed by atoms with E-state index in [9.17, 15) is 9.59 Å². The summed E-state index contributed by atoms with van der Waals surface area (Å²) in [5, 5.41) is 2.91. The van der Waals surface area contributed by atoms with Crippen molar-refractivity contribution >= 4 is 17.6 Å². The summed E-state index contributed by atoms with van der Waals surface area (Å²) in [6, 6.07) is 3.70. The highest BCUT2D eigenvalue weighted by Crippen LogP contribution is 2.15. The Kier molecular flexibility index (Phi) is 10.5. The van der Waals surface area contributed by atoms with Crippen molar-refractivity contribution in [2.75, 3.05) is 50.8 Å². The molecule has 0 aliphatic carbocycles. The van der Waals surface area contributed by atoms with Gasteiger partial charge in [-0.1, -0.05) is 26.7 Å². The number of hydrogen-bond acceptors (Lipinski definition) is 5. The molecule has 0 spiro atoms. The number of amides is 2. The number of hydrogen-bond donors (Lipinski definition) is 1. The quantitative estimate of drug-likeness (QED) is 0.542.